The Morgan fingerprint density at radius 1 is 1.17 bits per heavy atom. The highest BCUT2D eigenvalue weighted by molar-refractivity contribution is 5.97. The van der Waals surface area contributed by atoms with E-state index in [2.05, 4.69) is 15.0 Å². The molecule has 158 valence electrons. The predicted octanol–water partition coefficient (Wildman–Crippen LogP) is 5.32. The van der Waals surface area contributed by atoms with Crippen LogP contribution < -0.4 is 10.1 Å². The fraction of sp³-hybridized carbons (Fsp3) is 0.500. The molecule has 1 N–H and O–H groups in total. The van der Waals surface area contributed by atoms with Crippen molar-refractivity contribution in [3.05, 3.63) is 36.0 Å². The number of pyridine rings is 1. The van der Waals surface area contributed by atoms with Gasteiger partial charge in [0.1, 0.15) is 5.75 Å². The lowest BCUT2D eigenvalue weighted by Crippen LogP contribution is -2.40. The number of carbonyl (C=O) groups is 1. The maximum absolute atomic E-state index is 12.9. The van der Waals surface area contributed by atoms with Gasteiger partial charge in [0.2, 0.25) is 0 Å². The standard InChI is InChI=1S/C20H21F5N2O2/c1-11(20(23,24)25)12-2-5-15(6-3-12)27-18(28)14-8-13-4-7-16(29-19(21)22)9-17(13)26-10-14/h4,7-12,15,19H,2-3,5-6H2,1H3,(H,27,28)/t11?,12-,15-. The number of amides is 1. The van der Waals surface area contributed by atoms with Gasteiger partial charge >= 0.3 is 12.8 Å². The second kappa shape index (κ2) is 8.51. The van der Waals surface area contributed by atoms with Crippen LogP contribution >= 0.6 is 0 Å². The zero-order valence-corrected chi connectivity index (χ0v) is 15.7. The van der Waals surface area contributed by atoms with Gasteiger partial charge in [0.15, 0.2) is 0 Å². The molecule has 3 rings (SSSR count). The zero-order chi connectivity index (χ0) is 21.2. The number of aromatic nitrogens is 1. The summed E-state index contributed by atoms with van der Waals surface area (Å²) in [5.41, 5.74) is 0.701. The van der Waals surface area contributed by atoms with Crippen molar-refractivity contribution < 1.29 is 31.5 Å². The highest BCUT2D eigenvalue weighted by Crippen LogP contribution is 2.39. The van der Waals surface area contributed by atoms with Gasteiger partial charge in [-0.05, 0) is 49.8 Å². The lowest BCUT2D eigenvalue weighted by Gasteiger charge is -2.33. The Labute approximate surface area is 164 Å². The van der Waals surface area contributed by atoms with Crippen LogP contribution in [0, 0.1) is 11.8 Å². The highest BCUT2D eigenvalue weighted by Gasteiger charge is 2.42. The molecule has 0 saturated heterocycles. The first-order chi connectivity index (χ1) is 13.6. The minimum Gasteiger partial charge on any atom is -0.435 e. The zero-order valence-electron chi connectivity index (χ0n) is 15.7. The fourth-order valence-electron chi connectivity index (χ4n) is 3.70. The van der Waals surface area contributed by atoms with Crippen molar-refractivity contribution in [3.8, 4) is 5.75 Å². The molecule has 1 heterocycles. The summed E-state index contributed by atoms with van der Waals surface area (Å²) in [6.07, 6.45) is -1.06. The molecular weight excluding hydrogens is 395 g/mol. The molecule has 0 bridgehead atoms. The van der Waals surface area contributed by atoms with E-state index in [-0.39, 0.29) is 17.7 Å². The quantitative estimate of drug-likeness (QED) is 0.671. The molecule has 4 nitrogen and oxygen atoms in total. The van der Waals surface area contributed by atoms with Gasteiger partial charge in [-0.1, -0.05) is 6.92 Å². The summed E-state index contributed by atoms with van der Waals surface area (Å²) < 4.78 is 67.5. The lowest BCUT2D eigenvalue weighted by atomic mass is 9.78. The summed E-state index contributed by atoms with van der Waals surface area (Å²) in [5, 5.41) is 3.44. The van der Waals surface area contributed by atoms with Gasteiger partial charge in [-0.3, -0.25) is 9.78 Å². The average Bonchev–Trinajstić information content (AvgIpc) is 2.66. The van der Waals surface area contributed by atoms with Crippen LogP contribution in [0.2, 0.25) is 0 Å². The summed E-state index contributed by atoms with van der Waals surface area (Å²) in [6.45, 7) is -1.73. The van der Waals surface area contributed by atoms with E-state index in [0.717, 1.165) is 0 Å². The van der Waals surface area contributed by atoms with Gasteiger partial charge in [-0.2, -0.15) is 22.0 Å². The Bertz CT molecular complexity index is 864. The van der Waals surface area contributed by atoms with E-state index in [1.807, 2.05) is 0 Å². The van der Waals surface area contributed by atoms with Gasteiger partial charge < -0.3 is 10.1 Å². The highest BCUT2D eigenvalue weighted by atomic mass is 19.4. The predicted molar refractivity (Wildman–Crippen MR) is 96.8 cm³/mol. The monoisotopic (exact) mass is 416 g/mol. The van der Waals surface area contributed by atoms with Crippen LogP contribution in [0.4, 0.5) is 22.0 Å². The van der Waals surface area contributed by atoms with Crippen molar-refractivity contribution in [1.82, 2.24) is 10.3 Å². The average molecular weight is 416 g/mol. The number of fused-ring (bicyclic) bond motifs is 1. The van der Waals surface area contributed by atoms with Crippen LogP contribution in [0.25, 0.3) is 10.9 Å². The third-order valence-electron chi connectivity index (χ3n) is 5.47. The second-order valence-corrected chi connectivity index (χ2v) is 7.37. The molecule has 1 amide bonds. The van der Waals surface area contributed by atoms with Gasteiger partial charge in [0, 0.05) is 23.7 Å². The van der Waals surface area contributed by atoms with Gasteiger partial charge in [0.25, 0.3) is 5.91 Å². The van der Waals surface area contributed by atoms with E-state index in [0.29, 0.717) is 42.1 Å². The van der Waals surface area contributed by atoms with Gasteiger partial charge in [-0.15, -0.1) is 0 Å². The minimum atomic E-state index is -4.20. The van der Waals surface area contributed by atoms with Crippen LogP contribution in [0.1, 0.15) is 43.0 Å². The van der Waals surface area contributed by atoms with Gasteiger partial charge in [0.05, 0.1) is 17.0 Å². The summed E-state index contributed by atoms with van der Waals surface area (Å²) in [6, 6.07) is 5.64. The summed E-state index contributed by atoms with van der Waals surface area (Å²) in [5.74, 6) is -2.15. The van der Waals surface area contributed by atoms with Crippen LogP contribution in [0.5, 0.6) is 5.75 Å². The molecular formula is C20H21F5N2O2. The van der Waals surface area contributed by atoms with E-state index in [9.17, 15) is 26.7 Å². The number of alkyl halides is 5. The molecule has 1 aromatic carbocycles. The molecule has 1 aliphatic carbocycles. The number of hydrogen-bond donors (Lipinski definition) is 1. The Kier molecular flexibility index (Phi) is 6.24. The van der Waals surface area contributed by atoms with E-state index in [4.69, 9.17) is 0 Å². The molecule has 0 spiro atoms. The Morgan fingerprint density at radius 2 is 1.86 bits per heavy atom. The molecule has 1 atom stereocenters. The van der Waals surface area contributed by atoms with E-state index in [1.54, 1.807) is 6.07 Å². The number of hydrogen-bond acceptors (Lipinski definition) is 3. The van der Waals surface area contributed by atoms with Crippen LogP contribution in [0.15, 0.2) is 30.5 Å². The Balaban J connectivity index is 1.60. The van der Waals surface area contributed by atoms with Crippen molar-refractivity contribution in [2.24, 2.45) is 11.8 Å². The molecule has 1 saturated carbocycles. The SMILES string of the molecule is CC([C@H]1CC[C@H](NC(=O)c2cnc3cc(OC(F)F)ccc3c2)CC1)C(F)(F)F. The number of rotatable bonds is 5. The smallest absolute Gasteiger partial charge is 0.391 e. The normalized spacial score (nSPS) is 21.2. The summed E-state index contributed by atoms with van der Waals surface area (Å²) >= 11 is 0. The van der Waals surface area contributed by atoms with E-state index < -0.39 is 24.6 Å². The topological polar surface area (TPSA) is 51.2 Å². The number of halogens is 5. The molecule has 29 heavy (non-hydrogen) atoms. The molecule has 1 aromatic heterocycles. The lowest BCUT2D eigenvalue weighted by molar-refractivity contribution is -0.186. The van der Waals surface area contributed by atoms with Crippen molar-refractivity contribution in [3.63, 3.8) is 0 Å². The van der Waals surface area contributed by atoms with Gasteiger partial charge in [-0.25, -0.2) is 0 Å². The largest absolute Gasteiger partial charge is 0.435 e. The van der Waals surface area contributed by atoms with Crippen LogP contribution in [-0.4, -0.2) is 29.7 Å². The maximum atomic E-state index is 12.9. The van der Waals surface area contributed by atoms with E-state index in [1.165, 1.54) is 31.3 Å². The van der Waals surface area contributed by atoms with Crippen molar-refractivity contribution in [1.29, 1.82) is 0 Å². The third kappa shape index (κ3) is 5.33. The molecule has 0 radical (unpaired) electrons. The summed E-state index contributed by atoms with van der Waals surface area (Å²) in [4.78, 5) is 16.6. The maximum Gasteiger partial charge on any atom is 0.391 e. The van der Waals surface area contributed by atoms with E-state index >= 15 is 0 Å². The number of carbonyl (C=O) groups excluding carboxylic acids is 1. The number of nitrogens with zero attached hydrogens (tertiary/aromatic N) is 1. The Hall–Kier alpha value is -2.45. The van der Waals surface area contributed by atoms with Crippen LogP contribution in [-0.2, 0) is 0 Å². The number of ether oxygens (including phenoxy) is 1. The minimum absolute atomic E-state index is 0.0259. The fourth-order valence-corrected chi connectivity index (χ4v) is 3.70. The van der Waals surface area contributed by atoms with Crippen LogP contribution in [0.3, 0.4) is 0 Å². The van der Waals surface area contributed by atoms with Crippen molar-refractivity contribution in [2.45, 2.75) is 51.4 Å². The van der Waals surface area contributed by atoms with Crippen molar-refractivity contribution >= 4 is 16.8 Å². The third-order valence-corrected chi connectivity index (χ3v) is 5.47. The first-order valence-electron chi connectivity index (χ1n) is 9.35. The second-order valence-electron chi connectivity index (χ2n) is 7.37. The summed E-state index contributed by atoms with van der Waals surface area (Å²) in [7, 11) is 0. The molecule has 1 unspecified atom stereocenters. The molecule has 1 aliphatic rings. The number of benzene rings is 1. The molecule has 0 aliphatic heterocycles. The number of nitrogens with one attached hydrogen (secondary N) is 1. The first-order valence-corrected chi connectivity index (χ1v) is 9.35. The molecule has 9 heteroatoms. The Morgan fingerprint density at radius 3 is 2.48 bits per heavy atom. The van der Waals surface area contributed by atoms with Crippen molar-refractivity contribution in [2.75, 3.05) is 0 Å². The molecule has 2 aromatic rings. The first kappa shape index (κ1) is 21.3. The molecule has 1 fully saturated rings.